The average Bonchev–Trinajstić information content (AvgIpc) is 2.97. The number of ether oxygens (including phenoxy) is 1. The fourth-order valence-corrected chi connectivity index (χ4v) is 3.69. The number of benzene rings is 1. The summed E-state index contributed by atoms with van der Waals surface area (Å²) in [6.45, 7) is 4.24. The van der Waals surface area contributed by atoms with Gasteiger partial charge in [-0.05, 0) is 44.4 Å². The fourth-order valence-electron chi connectivity index (χ4n) is 3.45. The van der Waals surface area contributed by atoms with Crippen molar-refractivity contribution >= 4 is 23.4 Å². The molecule has 0 saturated carbocycles. The van der Waals surface area contributed by atoms with E-state index >= 15 is 0 Å². The van der Waals surface area contributed by atoms with Gasteiger partial charge in [0.25, 0.3) is 5.91 Å². The summed E-state index contributed by atoms with van der Waals surface area (Å²) >= 11 is 6.16. The molecule has 3 rings (SSSR count). The van der Waals surface area contributed by atoms with Crippen molar-refractivity contribution in [3.63, 3.8) is 0 Å². The minimum Gasteiger partial charge on any atom is -0.492 e. The lowest BCUT2D eigenvalue weighted by molar-refractivity contribution is -0.132. The van der Waals surface area contributed by atoms with E-state index < -0.39 is 5.41 Å². The maximum absolute atomic E-state index is 12.7. The van der Waals surface area contributed by atoms with Gasteiger partial charge >= 0.3 is 0 Å². The van der Waals surface area contributed by atoms with Crippen LogP contribution in [-0.4, -0.2) is 43.0 Å². The molecule has 1 N–H and O–H groups in total. The first-order valence-electron chi connectivity index (χ1n) is 8.06. The lowest BCUT2D eigenvalue weighted by atomic mass is 9.79. The summed E-state index contributed by atoms with van der Waals surface area (Å²) in [4.78, 5) is 26.7. The molecule has 23 heavy (non-hydrogen) atoms. The van der Waals surface area contributed by atoms with Crippen molar-refractivity contribution in [2.75, 3.05) is 26.2 Å². The summed E-state index contributed by atoms with van der Waals surface area (Å²) in [6, 6.07) is 5.09. The third kappa shape index (κ3) is 3.02. The van der Waals surface area contributed by atoms with Crippen LogP contribution in [0.1, 0.15) is 36.5 Å². The van der Waals surface area contributed by atoms with Crippen molar-refractivity contribution in [3.05, 3.63) is 28.8 Å². The molecule has 0 aromatic heterocycles. The van der Waals surface area contributed by atoms with Crippen molar-refractivity contribution in [1.82, 2.24) is 10.2 Å². The zero-order valence-electron chi connectivity index (χ0n) is 13.2. The minimum absolute atomic E-state index is 0.0785. The molecule has 2 aliphatic heterocycles. The third-order valence-corrected chi connectivity index (χ3v) is 5.01. The number of piperidine rings is 1. The van der Waals surface area contributed by atoms with Crippen molar-refractivity contribution in [2.45, 2.75) is 26.2 Å². The monoisotopic (exact) mass is 336 g/mol. The van der Waals surface area contributed by atoms with Crippen LogP contribution in [-0.2, 0) is 4.79 Å². The topological polar surface area (TPSA) is 58.6 Å². The lowest BCUT2D eigenvalue weighted by Crippen LogP contribution is -2.47. The smallest absolute Gasteiger partial charge is 0.253 e. The van der Waals surface area contributed by atoms with Gasteiger partial charge in [-0.15, -0.1) is 0 Å². The first-order valence-corrected chi connectivity index (χ1v) is 8.43. The predicted octanol–water partition coefficient (Wildman–Crippen LogP) is 2.48. The highest BCUT2D eigenvalue weighted by atomic mass is 35.5. The molecule has 0 radical (unpaired) electrons. The third-order valence-electron chi connectivity index (χ3n) is 4.72. The van der Waals surface area contributed by atoms with Gasteiger partial charge in [0.15, 0.2) is 0 Å². The lowest BCUT2D eigenvalue weighted by Gasteiger charge is -2.32. The molecule has 2 aliphatic rings. The summed E-state index contributed by atoms with van der Waals surface area (Å²) in [5.74, 6) is 0.587. The number of nitrogens with one attached hydrogen (secondary N) is 1. The maximum atomic E-state index is 12.7. The van der Waals surface area contributed by atoms with Crippen LogP contribution in [0.2, 0.25) is 5.02 Å². The van der Waals surface area contributed by atoms with Crippen LogP contribution < -0.4 is 10.1 Å². The van der Waals surface area contributed by atoms with E-state index in [1.165, 1.54) is 0 Å². The first kappa shape index (κ1) is 16.1. The molecule has 1 atom stereocenters. The number of halogens is 1. The zero-order valence-corrected chi connectivity index (χ0v) is 14.0. The Bertz CT molecular complexity index is 634. The van der Waals surface area contributed by atoms with E-state index in [4.69, 9.17) is 16.3 Å². The SMILES string of the molecule is CCOc1ccc(C(=O)N2CCC3(CCCNC3=O)C2)cc1Cl. The molecule has 2 heterocycles. The molecule has 2 saturated heterocycles. The Morgan fingerprint density at radius 3 is 2.96 bits per heavy atom. The van der Waals surface area contributed by atoms with Crippen LogP contribution in [0.4, 0.5) is 0 Å². The number of carbonyl (C=O) groups is 2. The molecule has 1 spiro atoms. The number of carbonyl (C=O) groups excluding carboxylic acids is 2. The number of amides is 2. The molecule has 1 aromatic rings. The molecule has 6 heteroatoms. The van der Waals surface area contributed by atoms with E-state index in [0.717, 1.165) is 25.8 Å². The van der Waals surface area contributed by atoms with Gasteiger partial charge in [0, 0.05) is 25.2 Å². The molecule has 0 aliphatic carbocycles. The normalized spacial score (nSPS) is 23.9. The van der Waals surface area contributed by atoms with E-state index in [0.29, 0.717) is 36.0 Å². The predicted molar refractivity (Wildman–Crippen MR) is 87.8 cm³/mol. The Morgan fingerprint density at radius 2 is 2.26 bits per heavy atom. The van der Waals surface area contributed by atoms with Crippen LogP contribution >= 0.6 is 11.6 Å². The van der Waals surface area contributed by atoms with Gasteiger partial charge in [-0.25, -0.2) is 0 Å². The summed E-state index contributed by atoms with van der Waals surface area (Å²) in [7, 11) is 0. The second kappa shape index (κ2) is 6.40. The number of hydrogen-bond acceptors (Lipinski definition) is 3. The number of likely N-dealkylation sites (tertiary alicyclic amines) is 1. The standard InChI is InChI=1S/C17H21ClN2O3/c1-2-23-14-5-4-12(10-13(14)18)15(21)20-9-7-17(11-20)6-3-8-19-16(17)22/h4-5,10H,2-3,6-9,11H2,1H3,(H,19,22). The van der Waals surface area contributed by atoms with Crippen LogP contribution in [0, 0.1) is 5.41 Å². The summed E-state index contributed by atoms with van der Waals surface area (Å²) < 4.78 is 5.39. The van der Waals surface area contributed by atoms with Crippen molar-refractivity contribution in [1.29, 1.82) is 0 Å². The number of rotatable bonds is 3. The van der Waals surface area contributed by atoms with Gasteiger partial charge < -0.3 is 15.0 Å². The summed E-state index contributed by atoms with van der Waals surface area (Å²) in [5, 5.41) is 3.36. The fraction of sp³-hybridized carbons (Fsp3) is 0.529. The van der Waals surface area contributed by atoms with Gasteiger partial charge in [-0.3, -0.25) is 9.59 Å². The Kier molecular flexibility index (Phi) is 4.48. The second-order valence-corrected chi connectivity index (χ2v) is 6.60. The Balaban J connectivity index is 1.74. The van der Waals surface area contributed by atoms with Crippen LogP contribution in [0.3, 0.4) is 0 Å². The van der Waals surface area contributed by atoms with Gasteiger partial charge in [0.1, 0.15) is 5.75 Å². The summed E-state index contributed by atoms with van der Waals surface area (Å²) in [5.41, 5.74) is 0.134. The average molecular weight is 337 g/mol. The van der Waals surface area contributed by atoms with Gasteiger partial charge in [-0.1, -0.05) is 11.6 Å². The van der Waals surface area contributed by atoms with E-state index in [2.05, 4.69) is 5.32 Å². The van der Waals surface area contributed by atoms with Gasteiger partial charge in [0.05, 0.1) is 17.0 Å². The Labute approximate surface area is 140 Å². The van der Waals surface area contributed by atoms with Crippen molar-refractivity contribution < 1.29 is 14.3 Å². The summed E-state index contributed by atoms with van der Waals surface area (Å²) in [6.07, 6.45) is 2.56. The molecule has 2 amide bonds. The highest BCUT2D eigenvalue weighted by Gasteiger charge is 2.46. The van der Waals surface area contributed by atoms with E-state index in [1.807, 2.05) is 6.92 Å². The molecular weight excluding hydrogens is 316 g/mol. The quantitative estimate of drug-likeness (QED) is 0.922. The van der Waals surface area contributed by atoms with Crippen LogP contribution in [0.25, 0.3) is 0 Å². The highest BCUT2D eigenvalue weighted by molar-refractivity contribution is 6.32. The molecule has 1 unspecified atom stereocenters. The molecule has 124 valence electrons. The van der Waals surface area contributed by atoms with Crippen LogP contribution in [0.5, 0.6) is 5.75 Å². The van der Waals surface area contributed by atoms with E-state index in [1.54, 1.807) is 23.1 Å². The molecule has 0 bridgehead atoms. The number of hydrogen-bond donors (Lipinski definition) is 1. The van der Waals surface area contributed by atoms with E-state index in [9.17, 15) is 9.59 Å². The van der Waals surface area contributed by atoms with Gasteiger partial charge in [-0.2, -0.15) is 0 Å². The molecular formula is C17H21ClN2O3. The molecule has 1 aromatic carbocycles. The number of nitrogens with zero attached hydrogens (tertiary/aromatic N) is 1. The van der Waals surface area contributed by atoms with Crippen molar-refractivity contribution in [3.8, 4) is 5.75 Å². The molecule has 2 fully saturated rings. The zero-order chi connectivity index (χ0) is 16.4. The first-order chi connectivity index (χ1) is 11.1. The van der Waals surface area contributed by atoms with Crippen molar-refractivity contribution in [2.24, 2.45) is 5.41 Å². The highest BCUT2D eigenvalue weighted by Crippen LogP contribution is 2.38. The van der Waals surface area contributed by atoms with Crippen LogP contribution in [0.15, 0.2) is 18.2 Å². The molecule has 5 nitrogen and oxygen atoms in total. The maximum Gasteiger partial charge on any atom is 0.253 e. The van der Waals surface area contributed by atoms with E-state index in [-0.39, 0.29) is 11.8 Å². The largest absolute Gasteiger partial charge is 0.492 e. The van der Waals surface area contributed by atoms with Gasteiger partial charge in [0.2, 0.25) is 5.91 Å². The second-order valence-electron chi connectivity index (χ2n) is 6.19. The minimum atomic E-state index is -0.400. The Morgan fingerprint density at radius 1 is 1.43 bits per heavy atom. The Hall–Kier alpha value is -1.75.